The zero-order chi connectivity index (χ0) is 10.9. The average Bonchev–Trinajstić information content (AvgIpc) is 2.26. The van der Waals surface area contributed by atoms with Gasteiger partial charge in [0.25, 0.3) is 0 Å². The normalized spacial score (nSPS) is 9.27. The molecule has 1 amide bonds. The van der Waals surface area contributed by atoms with Gasteiger partial charge in [0.1, 0.15) is 0 Å². The maximum Gasteiger partial charge on any atom is 0.224 e. The number of rotatable bonds is 5. The quantitative estimate of drug-likeness (QED) is 0.576. The summed E-state index contributed by atoms with van der Waals surface area (Å²) in [6.45, 7) is 0. The topological polar surface area (TPSA) is 29.1 Å². The first kappa shape index (κ1) is 11.3. The fourth-order valence-electron chi connectivity index (χ4n) is 1.26. The van der Waals surface area contributed by atoms with Crippen LogP contribution in [0.15, 0.2) is 30.3 Å². The van der Waals surface area contributed by atoms with Gasteiger partial charge in [-0.3, -0.25) is 4.79 Å². The number of hydrogen-bond donors (Lipinski definition) is 1. The van der Waals surface area contributed by atoms with Crippen molar-refractivity contribution in [1.29, 1.82) is 0 Å². The number of terminal acetylenes is 1. The van der Waals surface area contributed by atoms with E-state index in [-0.39, 0.29) is 5.91 Å². The molecule has 0 bridgehead atoms. The van der Waals surface area contributed by atoms with Crippen molar-refractivity contribution in [3.8, 4) is 12.3 Å². The summed E-state index contributed by atoms with van der Waals surface area (Å²) < 4.78 is 0. The smallest absolute Gasteiger partial charge is 0.224 e. The van der Waals surface area contributed by atoms with E-state index in [4.69, 9.17) is 6.42 Å². The molecule has 0 spiro atoms. The first-order chi connectivity index (χ1) is 7.33. The van der Waals surface area contributed by atoms with E-state index < -0.39 is 0 Å². The Balaban J connectivity index is 2.22. The summed E-state index contributed by atoms with van der Waals surface area (Å²) in [6.07, 6.45) is 8.17. The highest BCUT2D eigenvalue weighted by molar-refractivity contribution is 5.90. The van der Waals surface area contributed by atoms with Crippen LogP contribution in [0.3, 0.4) is 0 Å². The Hall–Kier alpha value is -1.75. The Morgan fingerprint density at radius 3 is 2.67 bits per heavy atom. The van der Waals surface area contributed by atoms with E-state index >= 15 is 0 Å². The van der Waals surface area contributed by atoms with Crippen molar-refractivity contribution >= 4 is 11.6 Å². The van der Waals surface area contributed by atoms with Crippen molar-refractivity contribution in [3.63, 3.8) is 0 Å². The largest absolute Gasteiger partial charge is 0.326 e. The van der Waals surface area contributed by atoms with Crippen molar-refractivity contribution in [2.45, 2.75) is 25.7 Å². The highest BCUT2D eigenvalue weighted by atomic mass is 16.1. The predicted octanol–water partition coefficient (Wildman–Crippen LogP) is 2.82. The van der Waals surface area contributed by atoms with Crippen LogP contribution < -0.4 is 5.32 Å². The van der Waals surface area contributed by atoms with Gasteiger partial charge >= 0.3 is 0 Å². The second-order valence-electron chi connectivity index (χ2n) is 3.33. The van der Waals surface area contributed by atoms with Gasteiger partial charge in [-0.15, -0.1) is 12.3 Å². The number of carbonyl (C=O) groups excluding carboxylic acids is 1. The molecule has 1 aromatic rings. The van der Waals surface area contributed by atoms with E-state index in [1.54, 1.807) is 0 Å². The van der Waals surface area contributed by atoms with Gasteiger partial charge in [0.2, 0.25) is 5.91 Å². The van der Waals surface area contributed by atoms with Crippen LogP contribution in [-0.2, 0) is 4.79 Å². The number of carbonyl (C=O) groups is 1. The minimum atomic E-state index is 0.0539. The van der Waals surface area contributed by atoms with E-state index in [0.29, 0.717) is 6.42 Å². The highest BCUT2D eigenvalue weighted by Crippen LogP contribution is 2.07. The van der Waals surface area contributed by atoms with Gasteiger partial charge < -0.3 is 5.32 Å². The van der Waals surface area contributed by atoms with Crippen LogP contribution in [0.25, 0.3) is 0 Å². The first-order valence-corrected chi connectivity index (χ1v) is 5.11. The molecule has 0 aromatic heterocycles. The maximum atomic E-state index is 11.4. The second-order valence-corrected chi connectivity index (χ2v) is 3.33. The van der Waals surface area contributed by atoms with E-state index in [1.165, 1.54) is 0 Å². The third-order valence-electron chi connectivity index (χ3n) is 2.03. The van der Waals surface area contributed by atoms with Crippen LogP contribution in [0.1, 0.15) is 25.7 Å². The van der Waals surface area contributed by atoms with E-state index in [2.05, 4.69) is 11.2 Å². The second kappa shape index (κ2) is 6.67. The molecule has 2 heteroatoms. The average molecular weight is 201 g/mol. The lowest BCUT2D eigenvalue weighted by Gasteiger charge is -2.03. The monoisotopic (exact) mass is 201 g/mol. The zero-order valence-corrected chi connectivity index (χ0v) is 8.70. The molecule has 0 fully saturated rings. The molecule has 0 saturated heterocycles. The van der Waals surface area contributed by atoms with Crippen LogP contribution in [0.4, 0.5) is 5.69 Å². The fourth-order valence-corrected chi connectivity index (χ4v) is 1.26. The number of unbranched alkanes of at least 4 members (excludes halogenated alkanes) is 2. The molecule has 0 unspecified atom stereocenters. The molecule has 78 valence electrons. The third-order valence-corrected chi connectivity index (χ3v) is 2.03. The summed E-state index contributed by atoms with van der Waals surface area (Å²) in [5, 5.41) is 2.83. The van der Waals surface area contributed by atoms with Crippen LogP contribution in [0, 0.1) is 12.3 Å². The molecule has 0 aliphatic heterocycles. The standard InChI is InChI=1S/C13H15NO/c1-2-3-4-8-11-13(15)14-12-9-6-5-7-10-12/h1,5-7,9-10H,3-4,8,11H2,(H,14,15). The number of amides is 1. The SMILES string of the molecule is C#CCCCCC(=O)Nc1ccccc1. The van der Waals surface area contributed by atoms with Crippen LogP contribution in [-0.4, -0.2) is 5.91 Å². The summed E-state index contributed by atoms with van der Waals surface area (Å²) in [4.78, 5) is 11.4. The molecule has 1 aromatic carbocycles. The lowest BCUT2D eigenvalue weighted by Crippen LogP contribution is -2.10. The van der Waals surface area contributed by atoms with E-state index in [1.807, 2.05) is 30.3 Å². The molecular weight excluding hydrogens is 186 g/mol. The van der Waals surface area contributed by atoms with Crippen LogP contribution in [0.5, 0.6) is 0 Å². The van der Waals surface area contributed by atoms with Crippen molar-refractivity contribution < 1.29 is 4.79 Å². The molecular formula is C13H15NO. The lowest BCUT2D eigenvalue weighted by atomic mass is 10.2. The first-order valence-electron chi connectivity index (χ1n) is 5.11. The highest BCUT2D eigenvalue weighted by Gasteiger charge is 2.00. The Labute approximate surface area is 90.7 Å². The molecule has 0 heterocycles. The van der Waals surface area contributed by atoms with Gasteiger partial charge in [0, 0.05) is 18.5 Å². The Bertz CT molecular complexity index is 337. The number of benzene rings is 1. The molecule has 0 atom stereocenters. The van der Waals surface area contributed by atoms with Gasteiger partial charge in [-0.25, -0.2) is 0 Å². The number of anilines is 1. The van der Waals surface area contributed by atoms with Gasteiger partial charge in [-0.1, -0.05) is 18.2 Å². The molecule has 0 aliphatic carbocycles. The van der Waals surface area contributed by atoms with Crippen molar-refractivity contribution in [3.05, 3.63) is 30.3 Å². The molecule has 15 heavy (non-hydrogen) atoms. The van der Waals surface area contributed by atoms with E-state index in [9.17, 15) is 4.79 Å². The van der Waals surface area contributed by atoms with Crippen LogP contribution >= 0.6 is 0 Å². The molecule has 1 N–H and O–H groups in total. The van der Waals surface area contributed by atoms with Gasteiger partial charge in [-0.2, -0.15) is 0 Å². The van der Waals surface area contributed by atoms with Crippen molar-refractivity contribution in [1.82, 2.24) is 0 Å². The van der Waals surface area contributed by atoms with Gasteiger partial charge in [0.15, 0.2) is 0 Å². The molecule has 0 radical (unpaired) electrons. The van der Waals surface area contributed by atoms with E-state index in [0.717, 1.165) is 24.9 Å². The summed E-state index contributed by atoms with van der Waals surface area (Å²) in [5.41, 5.74) is 0.847. The lowest BCUT2D eigenvalue weighted by molar-refractivity contribution is -0.116. The van der Waals surface area contributed by atoms with Crippen molar-refractivity contribution in [2.24, 2.45) is 0 Å². The third kappa shape index (κ3) is 4.87. The summed E-state index contributed by atoms with van der Waals surface area (Å²) >= 11 is 0. The van der Waals surface area contributed by atoms with Crippen molar-refractivity contribution in [2.75, 3.05) is 5.32 Å². The van der Waals surface area contributed by atoms with Crippen LogP contribution in [0.2, 0.25) is 0 Å². The number of hydrogen-bond acceptors (Lipinski definition) is 1. The molecule has 2 nitrogen and oxygen atoms in total. The summed E-state index contributed by atoms with van der Waals surface area (Å²) in [6, 6.07) is 9.46. The summed E-state index contributed by atoms with van der Waals surface area (Å²) in [5.74, 6) is 2.61. The summed E-state index contributed by atoms with van der Waals surface area (Å²) in [7, 11) is 0. The molecule has 0 aliphatic rings. The minimum Gasteiger partial charge on any atom is -0.326 e. The zero-order valence-electron chi connectivity index (χ0n) is 8.70. The van der Waals surface area contributed by atoms with Gasteiger partial charge in [0.05, 0.1) is 0 Å². The number of nitrogens with one attached hydrogen (secondary N) is 1. The predicted molar refractivity (Wildman–Crippen MR) is 62.4 cm³/mol. The maximum absolute atomic E-state index is 11.4. The molecule has 1 rings (SSSR count). The fraction of sp³-hybridized carbons (Fsp3) is 0.308. The number of para-hydroxylation sites is 1. The Morgan fingerprint density at radius 1 is 1.27 bits per heavy atom. The Kier molecular flexibility index (Phi) is 5.03. The van der Waals surface area contributed by atoms with Gasteiger partial charge in [-0.05, 0) is 25.0 Å². The molecule has 0 saturated carbocycles. The minimum absolute atomic E-state index is 0.0539. The Morgan fingerprint density at radius 2 is 2.00 bits per heavy atom.